The van der Waals surface area contributed by atoms with Crippen molar-refractivity contribution in [2.75, 3.05) is 24.8 Å². The summed E-state index contributed by atoms with van der Waals surface area (Å²) in [5.74, 6) is -0.144. The van der Waals surface area contributed by atoms with Gasteiger partial charge in [-0.3, -0.25) is 4.79 Å². The van der Waals surface area contributed by atoms with Crippen molar-refractivity contribution in [2.24, 2.45) is 0 Å². The van der Waals surface area contributed by atoms with E-state index in [1.165, 1.54) is 0 Å². The molecule has 0 heterocycles. The quantitative estimate of drug-likeness (QED) is 0.821. The first-order valence-electron chi connectivity index (χ1n) is 6.44. The van der Waals surface area contributed by atoms with Crippen molar-refractivity contribution in [3.63, 3.8) is 0 Å². The summed E-state index contributed by atoms with van der Waals surface area (Å²) >= 11 is 0. The second-order valence-electron chi connectivity index (χ2n) is 4.48. The highest BCUT2D eigenvalue weighted by atomic mass is 16.5. The van der Waals surface area contributed by atoms with E-state index in [9.17, 15) is 4.79 Å². The highest BCUT2D eigenvalue weighted by Crippen LogP contribution is 2.17. The molecule has 0 saturated heterocycles. The van der Waals surface area contributed by atoms with E-state index in [-0.39, 0.29) is 5.91 Å². The van der Waals surface area contributed by atoms with Gasteiger partial charge in [-0.25, -0.2) is 0 Å². The Kier molecular flexibility index (Phi) is 4.74. The van der Waals surface area contributed by atoms with E-state index < -0.39 is 0 Å². The third-order valence-electron chi connectivity index (χ3n) is 3.01. The lowest BCUT2D eigenvalue weighted by atomic mass is 10.1. The normalized spacial score (nSPS) is 10.2. The van der Waals surface area contributed by atoms with Crippen LogP contribution in [0, 0.1) is 0 Å². The van der Waals surface area contributed by atoms with Gasteiger partial charge < -0.3 is 15.8 Å². The molecule has 3 N–H and O–H groups in total. The molecule has 0 saturated carbocycles. The van der Waals surface area contributed by atoms with Crippen LogP contribution in [0.15, 0.2) is 48.5 Å². The molecule has 0 fully saturated rings. The van der Waals surface area contributed by atoms with Crippen molar-refractivity contribution in [3.05, 3.63) is 59.7 Å². The molecule has 20 heavy (non-hydrogen) atoms. The summed E-state index contributed by atoms with van der Waals surface area (Å²) in [5.41, 5.74) is 8.70. The van der Waals surface area contributed by atoms with Crippen molar-refractivity contribution in [2.45, 2.75) is 6.42 Å². The van der Waals surface area contributed by atoms with Crippen LogP contribution in [-0.2, 0) is 11.2 Å². The lowest BCUT2D eigenvalue weighted by Crippen LogP contribution is -2.13. The molecule has 0 radical (unpaired) electrons. The van der Waals surface area contributed by atoms with Crippen molar-refractivity contribution < 1.29 is 9.53 Å². The standard InChI is InChI=1S/C16H18N2O2/c1-20-11-10-12-4-2-3-5-15(12)18-16(19)13-6-8-14(17)9-7-13/h2-9H,10-11,17H2,1H3,(H,18,19). The summed E-state index contributed by atoms with van der Waals surface area (Å²) in [7, 11) is 1.66. The van der Waals surface area contributed by atoms with E-state index >= 15 is 0 Å². The van der Waals surface area contributed by atoms with Crippen LogP contribution < -0.4 is 11.1 Å². The van der Waals surface area contributed by atoms with Crippen molar-refractivity contribution in [3.8, 4) is 0 Å². The number of hydrogen-bond acceptors (Lipinski definition) is 3. The fourth-order valence-electron chi connectivity index (χ4n) is 1.90. The zero-order valence-corrected chi connectivity index (χ0v) is 11.4. The Hall–Kier alpha value is -2.33. The number of carbonyl (C=O) groups excluding carboxylic acids is 1. The fraction of sp³-hybridized carbons (Fsp3) is 0.188. The van der Waals surface area contributed by atoms with Gasteiger partial charge in [0.2, 0.25) is 0 Å². The summed E-state index contributed by atoms with van der Waals surface area (Å²) in [6, 6.07) is 14.6. The number of ether oxygens (including phenoxy) is 1. The number of nitrogen functional groups attached to an aromatic ring is 1. The van der Waals surface area contributed by atoms with Gasteiger partial charge in [0.15, 0.2) is 0 Å². The number of carbonyl (C=O) groups is 1. The van der Waals surface area contributed by atoms with Crippen molar-refractivity contribution in [1.82, 2.24) is 0 Å². The predicted molar refractivity (Wildman–Crippen MR) is 80.8 cm³/mol. The molecule has 0 unspecified atom stereocenters. The van der Waals surface area contributed by atoms with Crippen LogP contribution in [0.4, 0.5) is 11.4 Å². The Labute approximate surface area is 118 Å². The highest BCUT2D eigenvalue weighted by Gasteiger charge is 2.08. The first-order chi connectivity index (χ1) is 9.70. The lowest BCUT2D eigenvalue weighted by molar-refractivity contribution is 0.102. The van der Waals surface area contributed by atoms with Gasteiger partial charge in [-0.2, -0.15) is 0 Å². The van der Waals surface area contributed by atoms with Crippen LogP contribution in [-0.4, -0.2) is 19.6 Å². The Balaban J connectivity index is 2.13. The third-order valence-corrected chi connectivity index (χ3v) is 3.01. The number of rotatable bonds is 5. The highest BCUT2D eigenvalue weighted by molar-refractivity contribution is 6.04. The molecule has 1 amide bonds. The molecule has 0 aliphatic rings. The fourth-order valence-corrected chi connectivity index (χ4v) is 1.90. The molecule has 2 rings (SSSR count). The number of hydrogen-bond donors (Lipinski definition) is 2. The van der Waals surface area contributed by atoms with Crippen LogP contribution in [0.5, 0.6) is 0 Å². The van der Waals surface area contributed by atoms with Gasteiger partial charge in [-0.1, -0.05) is 18.2 Å². The van der Waals surface area contributed by atoms with E-state index in [1.807, 2.05) is 24.3 Å². The van der Waals surface area contributed by atoms with E-state index in [1.54, 1.807) is 31.4 Å². The maximum Gasteiger partial charge on any atom is 0.255 e. The van der Waals surface area contributed by atoms with Gasteiger partial charge in [0.05, 0.1) is 6.61 Å². The van der Waals surface area contributed by atoms with E-state index in [0.29, 0.717) is 17.9 Å². The zero-order chi connectivity index (χ0) is 14.4. The van der Waals surface area contributed by atoms with Gasteiger partial charge in [0.1, 0.15) is 0 Å². The van der Waals surface area contributed by atoms with E-state index in [0.717, 1.165) is 17.7 Å². The summed E-state index contributed by atoms with van der Waals surface area (Å²) in [6.07, 6.45) is 0.759. The molecule has 2 aromatic rings. The lowest BCUT2D eigenvalue weighted by Gasteiger charge is -2.11. The first-order valence-corrected chi connectivity index (χ1v) is 6.44. The minimum Gasteiger partial charge on any atom is -0.399 e. The zero-order valence-electron chi connectivity index (χ0n) is 11.4. The van der Waals surface area contributed by atoms with Gasteiger partial charge >= 0.3 is 0 Å². The molecule has 0 atom stereocenters. The Bertz CT molecular complexity index is 579. The van der Waals surface area contributed by atoms with Gasteiger partial charge in [-0.15, -0.1) is 0 Å². The molecule has 0 aromatic heterocycles. The Morgan fingerprint density at radius 1 is 1.15 bits per heavy atom. The second kappa shape index (κ2) is 6.73. The van der Waals surface area contributed by atoms with Crippen LogP contribution in [0.1, 0.15) is 15.9 Å². The van der Waals surface area contributed by atoms with Crippen LogP contribution in [0.3, 0.4) is 0 Å². The number of nitrogens with one attached hydrogen (secondary N) is 1. The first kappa shape index (κ1) is 14.1. The number of anilines is 2. The summed E-state index contributed by atoms with van der Waals surface area (Å²) in [6.45, 7) is 0.620. The summed E-state index contributed by atoms with van der Waals surface area (Å²) in [5, 5.41) is 2.92. The summed E-state index contributed by atoms with van der Waals surface area (Å²) in [4.78, 5) is 12.2. The second-order valence-corrected chi connectivity index (χ2v) is 4.48. The molecule has 2 aromatic carbocycles. The average molecular weight is 270 g/mol. The van der Waals surface area contributed by atoms with Crippen LogP contribution >= 0.6 is 0 Å². The molecular formula is C16H18N2O2. The third kappa shape index (κ3) is 3.59. The topological polar surface area (TPSA) is 64.3 Å². The Morgan fingerprint density at radius 3 is 2.55 bits per heavy atom. The maximum absolute atomic E-state index is 12.2. The molecule has 0 spiro atoms. The molecular weight excluding hydrogens is 252 g/mol. The number of amides is 1. The van der Waals surface area contributed by atoms with E-state index in [4.69, 9.17) is 10.5 Å². The molecule has 4 nitrogen and oxygen atoms in total. The number of methoxy groups -OCH3 is 1. The number of nitrogens with two attached hydrogens (primary N) is 1. The predicted octanol–water partition coefficient (Wildman–Crippen LogP) is 2.71. The smallest absolute Gasteiger partial charge is 0.255 e. The summed E-state index contributed by atoms with van der Waals surface area (Å²) < 4.78 is 5.08. The number of para-hydroxylation sites is 1. The largest absolute Gasteiger partial charge is 0.399 e. The monoisotopic (exact) mass is 270 g/mol. The SMILES string of the molecule is COCCc1ccccc1NC(=O)c1ccc(N)cc1. The minimum absolute atomic E-state index is 0.144. The van der Waals surface area contributed by atoms with E-state index in [2.05, 4.69) is 5.32 Å². The molecule has 0 aliphatic carbocycles. The number of benzene rings is 2. The van der Waals surface area contributed by atoms with Gasteiger partial charge in [0.25, 0.3) is 5.91 Å². The van der Waals surface area contributed by atoms with Crippen molar-refractivity contribution >= 4 is 17.3 Å². The molecule has 104 valence electrons. The van der Waals surface area contributed by atoms with Gasteiger partial charge in [0, 0.05) is 24.0 Å². The van der Waals surface area contributed by atoms with Crippen LogP contribution in [0.25, 0.3) is 0 Å². The molecule has 4 heteroatoms. The van der Waals surface area contributed by atoms with Crippen molar-refractivity contribution in [1.29, 1.82) is 0 Å². The minimum atomic E-state index is -0.144. The Morgan fingerprint density at radius 2 is 1.85 bits per heavy atom. The van der Waals surface area contributed by atoms with Crippen LogP contribution in [0.2, 0.25) is 0 Å². The molecule has 0 aliphatic heterocycles. The molecule has 0 bridgehead atoms. The maximum atomic E-state index is 12.2. The van der Waals surface area contributed by atoms with Gasteiger partial charge in [-0.05, 0) is 42.3 Å². The average Bonchev–Trinajstić information content (AvgIpc) is 2.47.